The Morgan fingerprint density at radius 2 is 1.90 bits per heavy atom. The van der Waals surface area contributed by atoms with Crippen LogP contribution < -0.4 is 9.46 Å². The van der Waals surface area contributed by atoms with Gasteiger partial charge in [-0.3, -0.25) is 14.5 Å². The second kappa shape index (κ2) is 11.9. The highest BCUT2D eigenvalue weighted by Gasteiger charge is 2.41. The van der Waals surface area contributed by atoms with Gasteiger partial charge in [-0.15, -0.1) is 4.72 Å². The summed E-state index contributed by atoms with van der Waals surface area (Å²) in [5.41, 5.74) is 0. The van der Waals surface area contributed by atoms with Crippen LogP contribution in [0.1, 0.15) is 26.2 Å². The number of carbonyl (C=O) groups excluding carboxylic acids is 2. The smallest absolute Gasteiger partial charge is 0.593 e. The first-order chi connectivity index (χ1) is 13.9. The van der Waals surface area contributed by atoms with Crippen molar-refractivity contribution in [3.8, 4) is 5.75 Å². The predicted molar refractivity (Wildman–Crippen MR) is 110 cm³/mol. The zero-order valence-electron chi connectivity index (χ0n) is 17.0. The Hall–Kier alpha value is -2.01. The van der Waals surface area contributed by atoms with Gasteiger partial charge in [-0.25, -0.2) is 0 Å². The number of ether oxygens (including phenoxy) is 1. The molecular weight excluding hydrogens is 395 g/mol. The molecule has 0 bridgehead atoms. The van der Waals surface area contributed by atoms with Crippen molar-refractivity contribution in [1.29, 1.82) is 0 Å². The van der Waals surface area contributed by atoms with Crippen molar-refractivity contribution in [3.05, 3.63) is 36.4 Å². The Labute approximate surface area is 175 Å². The molecule has 8 nitrogen and oxygen atoms in total. The summed E-state index contributed by atoms with van der Waals surface area (Å²) in [6.45, 7) is 2.02. The zero-order valence-corrected chi connectivity index (χ0v) is 17.8. The highest BCUT2D eigenvalue weighted by molar-refractivity contribution is 7.89. The molecule has 1 aromatic carbocycles. The van der Waals surface area contributed by atoms with Crippen LogP contribution in [0.4, 0.5) is 0 Å². The number of allylic oxidation sites excluding steroid dienone is 1. The highest BCUT2D eigenvalue weighted by atomic mass is 32.2. The van der Waals surface area contributed by atoms with Gasteiger partial charge in [0.1, 0.15) is 11.7 Å². The molecule has 0 radical (unpaired) electrons. The molecule has 2 rings (SSSR count). The fraction of sp³-hybridized carbons (Fsp3) is 0.474. The van der Waals surface area contributed by atoms with E-state index in [0.29, 0.717) is 10.6 Å². The van der Waals surface area contributed by atoms with Crippen LogP contribution in [-0.4, -0.2) is 61.7 Å². The van der Waals surface area contributed by atoms with E-state index in [0.717, 1.165) is 19.3 Å². The van der Waals surface area contributed by atoms with Crippen LogP contribution in [0.25, 0.3) is 0 Å². The number of nitrogens with zero attached hydrogens (tertiary/aromatic N) is 1. The average molecular weight is 422 g/mol. The number of nitrogens with one attached hydrogen (secondary N) is 1. The van der Waals surface area contributed by atoms with Gasteiger partial charge >= 0.3 is 19.1 Å². The van der Waals surface area contributed by atoms with Crippen molar-refractivity contribution < 1.29 is 28.2 Å². The summed E-state index contributed by atoms with van der Waals surface area (Å²) in [6, 6.07) is 6.75. The minimum absolute atomic E-state index is 0.0283. The van der Waals surface area contributed by atoms with Gasteiger partial charge in [-0.05, 0) is 37.7 Å². The number of benzene rings is 1. The van der Waals surface area contributed by atoms with Gasteiger partial charge in [0.05, 0.1) is 31.6 Å². The van der Waals surface area contributed by atoms with Gasteiger partial charge in [0, 0.05) is 0 Å². The van der Waals surface area contributed by atoms with E-state index < -0.39 is 36.4 Å². The standard InChI is InChI=1S/C19H27BN2O6S/c1-4-5-6-7-8-17(20-27-18(23)13-22(2)14-19(24)28-20)21-29(25)16-11-9-15(26-3)10-12-16/h7-12,17,21H,4-6,13-14H2,1-3H3/b8-7+. The monoisotopic (exact) mass is 422 g/mol. The van der Waals surface area contributed by atoms with Gasteiger partial charge in [0.2, 0.25) is 0 Å². The van der Waals surface area contributed by atoms with E-state index >= 15 is 0 Å². The minimum Gasteiger partial charge on any atom is -0.593 e. The fourth-order valence-corrected chi connectivity index (χ4v) is 3.60. The van der Waals surface area contributed by atoms with Crippen LogP contribution in [0.3, 0.4) is 0 Å². The topological polar surface area (TPSA) is 100 Å². The van der Waals surface area contributed by atoms with Gasteiger partial charge in [-0.1, -0.05) is 31.9 Å². The van der Waals surface area contributed by atoms with E-state index in [4.69, 9.17) is 14.0 Å². The summed E-state index contributed by atoms with van der Waals surface area (Å²) >= 11 is -1.62. The Morgan fingerprint density at radius 3 is 2.45 bits per heavy atom. The maximum Gasteiger partial charge on any atom is 0.625 e. The molecule has 1 aliphatic rings. The molecule has 1 heterocycles. The van der Waals surface area contributed by atoms with Crippen LogP contribution in [0, 0.1) is 0 Å². The third kappa shape index (κ3) is 7.73. The van der Waals surface area contributed by atoms with E-state index in [-0.39, 0.29) is 13.1 Å². The van der Waals surface area contributed by atoms with Gasteiger partial charge in [-0.2, -0.15) is 0 Å². The molecule has 0 spiro atoms. The molecule has 29 heavy (non-hydrogen) atoms. The molecule has 0 amide bonds. The summed E-state index contributed by atoms with van der Waals surface area (Å²) < 4.78 is 31.5. The second-order valence-electron chi connectivity index (χ2n) is 6.68. The highest BCUT2D eigenvalue weighted by Crippen LogP contribution is 2.17. The maximum atomic E-state index is 12.8. The normalized spacial score (nSPS) is 18.0. The molecule has 1 aromatic rings. The number of hydrogen-bond donors (Lipinski definition) is 1. The second-order valence-corrected chi connectivity index (χ2v) is 7.92. The molecule has 1 saturated heterocycles. The van der Waals surface area contributed by atoms with Crippen molar-refractivity contribution >= 4 is 30.4 Å². The Balaban J connectivity index is 2.16. The predicted octanol–water partition coefficient (Wildman–Crippen LogP) is 1.48. The summed E-state index contributed by atoms with van der Waals surface area (Å²) in [5.74, 6) is -1.15. The Kier molecular flexibility index (Phi) is 9.52. The first-order valence-corrected chi connectivity index (χ1v) is 10.6. The van der Waals surface area contributed by atoms with Crippen molar-refractivity contribution in [2.75, 3.05) is 27.2 Å². The maximum absolute atomic E-state index is 12.8. The summed E-state index contributed by atoms with van der Waals surface area (Å²) in [6.07, 6.45) is 6.45. The molecule has 10 heteroatoms. The van der Waals surface area contributed by atoms with Crippen molar-refractivity contribution in [2.45, 2.75) is 37.0 Å². The Bertz CT molecular complexity index is 682. The SMILES string of the molecule is CCCC/C=C/C(N[S+]([O-])c1ccc(OC)cc1)B1OC(=O)CN(C)CC(=O)O1. The number of methoxy groups -OCH3 is 1. The third-order valence-electron chi connectivity index (χ3n) is 4.17. The van der Waals surface area contributed by atoms with Crippen LogP contribution >= 0.6 is 0 Å². The number of likely N-dealkylation sites (N-methyl/N-ethyl adjacent to an activating group) is 1. The molecule has 0 saturated carbocycles. The third-order valence-corrected chi connectivity index (χ3v) is 5.36. The lowest BCUT2D eigenvalue weighted by Gasteiger charge is -2.26. The van der Waals surface area contributed by atoms with Crippen LogP contribution in [0.5, 0.6) is 5.75 Å². The van der Waals surface area contributed by atoms with E-state index in [9.17, 15) is 14.1 Å². The summed E-state index contributed by atoms with van der Waals surface area (Å²) in [5, 5.41) is 0. The Morgan fingerprint density at radius 1 is 1.28 bits per heavy atom. The lowest BCUT2D eigenvalue weighted by Crippen LogP contribution is -2.53. The van der Waals surface area contributed by atoms with Crippen LogP contribution in [0.2, 0.25) is 0 Å². The molecule has 0 aliphatic carbocycles. The van der Waals surface area contributed by atoms with Gasteiger partial charge in [0.25, 0.3) is 0 Å². The average Bonchev–Trinajstić information content (AvgIpc) is 2.68. The molecule has 1 N–H and O–H groups in total. The van der Waals surface area contributed by atoms with Gasteiger partial charge in [0.15, 0.2) is 4.90 Å². The molecule has 2 atom stereocenters. The number of unbranched alkanes of at least 4 members (excludes halogenated alkanes) is 2. The number of carbonyl (C=O) groups is 2. The van der Waals surface area contributed by atoms with Crippen LogP contribution in [-0.2, 0) is 30.3 Å². The first-order valence-electron chi connectivity index (χ1n) is 9.49. The lowest BCUT2D eigenvalue weighted by molar-refractivity contribution is -0.145. The zero-order chi connectivity index (χ0) is 21.2. The van der Waals surface area contributed by atoms with E-state index in [1.54, 1.807) is 44.5 Å². The molecular formula is C19H27BN2O6S. The van der Waals surface area contributed by atoms with Crippen molar-refractivity contribution in [2.24, 2.45) is 0 Å². The largest absolute Gasteiger partial charge is 0.625 e. The number of hydrogen-bond acceptors (Lipinski definition) is 8. The molecule has 0 aromatic heterocycles. The van der Waals surface area contributed by atoms with E-state index in [2.05, 4.69) is 11.6 Å². The van der Waals surface area contributed by atoms with Crippen molar-refractivity contribution in [1.82, 2.24) is 9.62 Å². The molecule has 1 aliphatic heterocycles. The van der Waals surface area contributed by atoms with Crippen molar-refractivity contribution in [3.63, 3.8) is 0 Å². The molecule has 1 fully saturated rings. The van der Waals surface area contributed by atoms with E-state index in [1.165, 1.54) is 4.90 Å². The number of rotatable bonds is 9. The molecule has 2 unspecified atom stereocenters. The van der Waals surface area contributed by atoms with Gasteiger partial charge < -0.3 is 18.6 Å². The summed E-state index contributed by atoms with van der Waals surface area (Å²) in [7, 11) is 1.97. The minimum atomic E-state index is -1.62. The first kappa shape index (κ1) is 23.3. The summed E-state index contributed by atoms with van der Waals surface area (Å²) in [4.78, 5) is 26.2. The molecule has 158 valence electrons. The van der Waals surface area contributed by atoms with Crippen LogP contribution in [0.15, 0.2) is 41.3 Å². The quantitative estimate of drug-likeness (QED) is 0.277. The van der Waals surface area contributed by atoms with E-state index in [1.807, 2.05) is 6.08 Å². The lowest BCUT2D eigenvalue weighted by atomic mass is 9.78. The fourth-order valence-electron chi connectivity index (χ4n) is 2.64.